The molecule has 6 rings (SSSR count). The molecule has 3 aromatic heterocycles. The zero-order valence-electron chi connectivity index (χ0n) is 19.6. The molecule has 1 aliphatic carbocycles. The van der Waals surface area contributed by atoms with Crippen LogP contribution in [0.1, 0.15) is 36.8 Å². The molecule has 2 aliphatic rings. The Balaban J connectivity index is 0.00000253. The van der Waals surface area contributed by atoms with Gasteiger partial charge in [-0.2, -0.15) is 0 Å². The molecule has 2 unspecified atom stereocenters. The van der Waals surface area contributed by atoms with Crippen molar-refractivity contribution >= 4 is 44.3 Å². The van der Waals surface area contributed by atoms with Crippen molar-refractivity contribution in [1.29, 1.82) is 0 Å². The summed E-state index contributed by atoms with van der Waals surface area (Å²) in [7, 11) is 1.73. The molecule has 35 heavy (non-hydrogen) atoms. The van der Waals surface area contributed by atoms with Gasteiger partial charge in [-0.25, -0.2) is 14.8 Å². The Morgan fingerprint density at radius 3 is 2.89 bits per heavy atom. The number of rotatable bonds is 5. The van der Waals surface area contributed by atoms with Gasteiger partial charge in [-0.05, 0) is 42.9 Å². The molecule has 1 aromatic carbocycles. The van der Waals surface area contributed by atoms with Gasteiger partial charge in [0.2, 0.25) is 0 Å². The van der Waals surface area contributed by atoms with Crippen molar-refractivity contribution in [2.75, 3.05) is 13.7 Å². The molecule has 1 aliphatic heterocycles. The highest BCUT2D eigenvalue weighted by Gasteiger charge is 2.44. The van der Waals surface area contributed by atoms with E-state index in [1.165, 1.54) is 27.0 Å². The summed E-state index contributed by atoms with van der Waals surface area (Å²) in [5.41, 5.74) is 3.05. The van der Waals surface area contributed by atoms with Crippen molar-refractivity contribution in [3.63, 3.8) is 0 Å². The third-order valence-electron chi connectivity index (χ3n) is 7.70. The van der Waals surface area contributed by atoms with E-state index in [0.29, 0.717) is 38.9 Å². The Labute approximate surface area is 212 Å². The summed E-state index contributed by atoms with van der Waals surface area (Å²) in [4.78, 5) is 38.7. The van der Waals surface area contributed by atoms with Crippen molar-refractivity contribution in [2.24, 2.45) is 11.8 Å². The lowest BCUT2D eigenvalue weighted by atomic mass is 9.71. The van der Waals surface area contributed by atoms with Crippen molar-refractivity contribution in [2.45, 2.75) is 44.7 Å². The largest absolute Gasteiger partial charge is 0.496 e. The van der Waals surface area contributed by atoms with E-state index in [2.05, 4.69) is 39.3 Å². The van der Waals surface area contributed by atoms with Gasteiger partial charge in [0.25, 0.3) is 5.56 Å². The van der Waals surface area contributed by atoms with Crippen LogP contribution in [0.4, 0.5) is 0 Å². The Bertz CT molecular complexity index is 1500. The zero-order valence-corrected chi connectivity index (χ0v) is 21.2. The average molecular weight is 514 g/mol. The third-order valence-corrected chi connectivity index (χ3v) is 8.77. The fourth-order valence-corrected chi connectivity index (χ4v) is 7.08. The van der Waals surface area contributed by atoms with Crippen LogP contribution in [-0.4, -0.2) is 39.2 Å². The molecule has 8 nitrogen and oxygen atoms in total. The Morgan fingerprint density at radius 2 is 2.09 bits per heavy atom. The fraction of sp³-hybridized carbons (Fsp3) is 0.440. The van der Waals surface area contributed by atoms with Gasteiger partial charge in [0, 0.05) is 36.5 Å². The maximum absolute atomic E-state index is 13.4. The monoisotopic (exact) mass is 513 g/mol. The second kappa shape index (κ2) is 9.37. The highest BCUT2D eigenvalue weighted by Crippen LogP contribution is 2.47. The number of hydrogen-bond acceptors (Lipinski definition) is 7. The van der Waals surface area contributed by atoms with Gasteiger partial charge >= 0.3 is 5.69 Å². The molecular weight excluding hydrogens is 486 g/mol. The average Bonchev–Trinajstić information content (AvgIpc) is 3.46. The molecule has 1 fully saturated rings. The van der Waals surface area contributed by atoms with E-state index >= 15 is 0 Å². The van der Waals surface area contributed by atoms with Gasteiger partial charge < -0.3 is 15.0 Å². The van der Waals surface area contributed by atoms with Crippen LogP contribution in [0.25, 0.3) is 20.6 Å². The normalized spacial score (nSPS) is 21.9. The van der Waals surface area contributed by atoms with Crippen molar-refractivity contribution in [3.8, 4) is 5.75 Å². The van der Waals surface area contributed by atoms with Crippen LogP contribution in [0.2, 0.25) is 0 Å². The molecule has 184 valence electrons. The minimum Gasteiger partial charge on any atom is -0.496 e. The highest BCUT2D eigenvalue weighted by atomic mass is 35.5. The number of hydrogen-bond donors (Lipinski definition) is 2. The van der Waals surface area contributed by atoms with Gasteiger partial charge in [-0.1, -0.05) is 25.5 Å². The number of benzene rings is 1. The van der Waals surface area contributed by atoms with Gasteiger partial charge in [0.1, 0.15) is 20.8 Å². The minimum absolute atomic E-state index is 0. The van der Waals surface area contributed by atoms with Crippen LogP contribution in [0.3, 0.4) is 0 Å². The first-order valence-corrected chi connectivity index (χ1v) is 12.7. The molecular formula is C25H28ClN5O3S. The number of H-pyrrole nitrogens is 1. The standard InChI is InChI=1S/C25H27N5O3S.ClH/c1-3-13(19-18-15(11-28-19)8-7-14-5-4-6-16(33-2)17(14)18)12-30-24(31)22-20(29-25(30)32)21-23(34-22)27-10-9-26-21;/h4-6,9-10,13,15,18-19,28H,3,7-8,11-12H2,1-2H3,(H,29,32);1H/t13?,15-,18+,19?;/m0./s1. The van der Waals surface area contributed by atoms with Crippen LogP contribution in [0.15, 0.2) is 40.2 Å². The first-order valence-electron chi connectivity index (χ1n) is 11.9. The molecule has 4 aromatic rings. The number of aryl methyl sites for hydroxylation is 1. The molecule has 0 amide bonds. The lowest BCUT2D eigenvalue weighted by Crippen LogP contribution is -2.43. The Morgan fingerprint density at radius 1 is 1.26 bits per heavy atom. The number of nitrogens with zero attached hydrogens (tertiary/aromatic N) is 3. The predicted octanol–water partition coefficient (Wildman–Crippen LogP) is 3.47. The van der Waals surface area contributed by atoms with Gasteiger partial charge in [0.05, 0.1) is 12.6 Å². The smallest absolute Gasteiger partial charge is 0.328 e. The fourth-order valence-electron chi connectivity index (χ4n) is 6.08. The van der Waals surface area contributed by atoms with Gasteiger partial charge in [-0.15, -0.1) is 23.7 Å². The van der Waals surface area contributed by atoms with E-state index in [9.17, 15) is 9.59 Å². The molecule has 0 radical (unpaired) electrons. The third kappa shape index (κ3) is 3.77. The number of fused-ring (bicyclic) bond motifs is 6. The highest BCUT2D eigenvalue weighted by molar-refractivity contribution is 7.25. The summed E-state index contributed by atoms with van der Waals surface area (Å²) < 4.78 is 7.63. The number of aromatic amines is 1. The van der Waals surface area contributed by atoms with Gasteiger partial charge in [-0.3, -0.25) is 9.36 Å². The van der Waals surface area contributed by atoms with E-state index in [4.69, 9.17) is 4.74 Å². The van der Waals surface area contributed by atoms with Crippen LogP contribution in [0, 0.1) is 11.8 Å². The zero-order chi connectivity index (χ0) is 23.4. The number of nitrogens with one attached hydrogen (secondary N) is 2. The van der Waals surface area contributed by atoms with Crippen molar-refractivity contribution in [1.82, 2.24) is 24.8 Å². The summed E-state index contributed by atoms with van der Waals surface area (Å²) in [5.74, 6) is 1.89. The van der Waals surface area contributed by atoms with E-state index in [-0.39, 0.29) is 29.9 Å². The summed E-state index contributed by atoms with van der Waals surface area (Å²) in [5, 5.41) is 3.76. The SMILES string of the molecule is CCC(Cn1c(=O)[nH]c2c(sc3nccnc32)c1=O)C1NC[C@@H]2CCc3cccc(OC)c3[C@H]12.Cl. The molecule has 4 atom stereocenters. The molecule has 10 heteroatoms. The molecule has 0 spiro atoms. The number of thiophene rings is 1. The number of ether oxygens (including phenoxy) is 1. The van der Waals surface area contributed by atoms with Crippen LogP contribution in [0.5, 0.6) is 5.75 Å². The summed E-state index contributed by atoms with van der Waals surface area (Å²) in [6.07, 6.45) is 6.22. The molecule has 4 heterocycles. The van der Waals surface area contributed by atoms with E-state index in [1.807, 2.05) is 6.07 Å². The van der Waals surface area contributed by atoms with E-state index in [0.717, 1.165) is 31.6 Å². The van der Waals surface area contributed by atoms with Crippen LogP contribution >= 0.6 is 23.7 Å². The Hall–Kier alpha value is -2.75. The lowest BCUT2D eigenvalue weighted by molar-refractivity contribution is 0.280. The maximum Gasteiger partial charge on any atom is 0.328 e. The minimum atomic E-state index is -0.391. The first kappa shape index (κ1) is 24.0. The number of aromatic nitrogens is 4. The Kier molecular flexibility index (Phi) is 6.41. The van der Waals surface area contributed by atoms with Crippen molar-refractivity contribution < 1.29 is 4.74 Å². The molecule has 0 bridgehead atoms. The summed E-state index contributed by atoms with van der Waals surface area (Å²) >= 11 is 1.28. The topological polar surface area (TPSA) is 102 Å². The van der Waals surface area contributed by atoms with E-state index in [1.54, 1.807) is 19.5 Å². The second-order valence-corrected chi connectivity index (χ2v) is 10.3. The molecule has 2 N–H and O–H groups in total. The molecule has 0 saturated carbocycles. The van der Waals surface area contributed by atoms with Crippen LogP contribution < -0.4 is 21.3 Å². The first-order chi connectivity index (χ1) is 16.6. The van der Waals surface area contributed by atoms with Crippen LogP contribution in [-0.2, 0) is 13.0 Å². The quantitative estimate of drug-likeness (QED) is 0.423. The van der Waals surface area contributed by atoms with Crippen molar-refractivity contribution in [3.05, 3.63) is 62.6 Å². The molecule has 1 saturated heterocycles. The summed E-state index contributed by atoms with van der Waals surface area (Å²) in [6.45, 7) is 3.44. The maximum atomic E-state index is 13.4. The number of methoxy groups -OCH3 is 1. The van der Waals surface area contributed by atoms with E-state index < -0.39 is 5.69 Å². The predicted molar refractivity (Wildman–Crippen MR) is 140 cm³/mol. The summed E-state index contributed by atoms with van der Waals surface area (Å²) in [6, 6.07) is 6.48. The van der Waals surface area contributed by atoms with Gasteiger partial charge in [0.15, 0.2) is 0 Å². The number of halogens is 1. The lowest BCUT2D eigenvalue weighted by Gasteiger charge is -2.35. The second-order valence-electron chi connectivity index (χ2n) is 9.32.